The molecule has 0 N–H and O–H groups in total. The fourth-order valence-corrected chi connectivity index (χ4v) is 6.87. The second-order valence-corrected chi connectivity index (χ2v) is 12.1. The monoisotopic (exact) mass is 618 g/mol. The van der Waals surface area contributed by atoms with Gasteiger partial charge in [0.2, 0.25) is 5.88 Å². The molecule has 8 nitrogen and oxygen atoms in total. The van der Waals surface area contributed by atoms with Gasteiger partial charge in [-0.3, -0.25) is 4.79 Å². The Morgan fingerprint density at radius 3 is 2.49 bits per heavy atom. The van der Waals surface area contributed by atoms with Crippen LogP contribution < -0.4 is 14.5 Å². The van der Waals surface area contributed by atoms with Crippen LogP contribution in [0, 0.1) is 18.3 Å². The number of hydrogen-bond donors (Lipinski definition) is 0. The minimum atomic E-state index is -4.78. The molecule has 1 amide bonds. The highest BCUT2D eigenvalue weighted by atomic mass is 19.4. The first-order chi connectivity index (χ1) is 21.6. The van der Waals surface area contributed by atoms with Crippen molar-refractivity contribution in [2.24, 2.45) is 0 Å². The molecule has 0 aliphatic carbocycles. The maximum atomic E-state index is 13.2. The third-order valence-corrected chi connectivity index (χ3v) is 9.40. The Kier molecular flexibility index (Phi) is 8.35. The molecular formula is C34H37F3N6O2. The maximum absolute atomic E-state index is 13.2. The molecule has 0 bridgehead atoms. The number of carbonyl (C=O) groups excluding carboxylic acids is 1. The van der Waals surface area contributed by atoms with Gasteiger partial charge in [-0.2, -0.15) is 18.4 Å². The number of aryl methyl sites for hydroxylation is 1. The van der Waals surface area contributed by atoms with E-state index in [4.69, 9.17) is 9.72 Å². The highest BCUT2D eigenvalue weighted by molar-refractivity contribution is 5.97. The molecule has 3 aliphatic heterocycles. The van der Waals surface area contributed by atoms with E-state index < -0.39 is 17.7 Å². The number of nitrogens with zero attached hydrogens (tertiary/aromatic N) is 6. The van der Waals surface area contributed by atoms with Crippen molar-refractivity contribution in [2.45, 2.75) is 44.9 Å². The lowest BCUT2D eigenvalue weighted by atomic mass is 9.96. The summed E-state index contributed by atoms with van der Waals surface area (Å²) in [7, 11) is 2.07. The number of nitriles is 1. The van der Waals surface area contributed by atoms with Crippen molar-refractivity contribution in [3.05, 3.63) is 70.9 Å². The SMILES string of the molecule is C=C(C(=O)N1CCN(c2c(C#N)c(OC[C@@H]3CCCN3C)nc3c2CCN(c2cccc4cccc(C)c24)C3)CC1)C(F)(F)F. The summed E-state index contributed by atoms with van der Waals surface area (Å²) in [5.74, 6) is -0.823. The van der Waals surface area contributed by atoms with Crippen LogP contribution in [0.15, 0.2) is 48.6 Å². The number of aromatic nitrogens is 1. The summed E-state index contributed by atoms with van der Waals surface area (Å²) in [5.41, 5.74) is 3.76. The van der Waals surface area contributed by atoms with E-state index in [1.807, 2.05) is 4.90 Å². The Morgan fingerprint density at radius 1 is 1.09 bits per heavy atom. The Labute approximate surface area is 261 Å². The molecule has 4 heterocycles. The summed E-state index contributed by atoms with van der Waals surface area (Å²) in [6.45, 7) is 8.44. The zero-order chi connectivity index (χ0) is 31.9. The fourth-order valence-electron chi connectivity index (χ4n) is 6.87. The van der Waals surface area contributed by atoms with Crippen LogP contribution in [0.1, 0.15) is 35.2 Å². The zero-order valence-corrected chi connectivity index (χ0v) is 25.7. The molecular weight excluding hydrogens is 581 g/mol. The quantitative estimate of drug-likeness (QED) is 0.351. The number of hydrogen-bond acceptors (Lipinski definition) is 7. The number of fused-ring (bicyclic) bond motifs is 2. The summed E-state index contributed by atoms with van der Waals surface area (Å²) in [5, 5.41) is 12.8. The molecule has 2 fully saturated rings. The highest BCUT2D eigenvalue weighted by Crippen LogP contribution is 2.40. The Morgan fingerprint density at radius 2 is 1.82 bits per heavy atom. The van der Waals surface area contributed by atoms with E-state index in [2.05, 4.69) is 72.8 Å². The molecule has 3 aromatic rings. The molecule has 1 atom stereocenters. The number of benzene rings is 2. The Bertz CT molecular complexity index is 1670. The van der Waals surface area contributed by atoms with Crippen LogP contribution in [-0.2, 0) is 17.8 Å². The standard InChI is InChI=1S/C34H37F3N6O2/c1-22-7-4-8-24-9-5-11-29(30(22)24)43-14-12-26-28(20-43)39-32(45-21-25-10-6-13-40(25)3)27(19-38)31(26)41-15-17-42(18-16-41)33(44)23(2)34(35,36)37/h4-5,7-9,11,25H,2,6,10,12-18,20-21H2,1,3H3/t25-/m0/s1. The number of likely N-dealkylation sites (tertiary alicyclic amines) is 1. The highest BCUT2D eigenvalue weighted by Gasteiger charge is 2.40. The summed E-state index contributed by atoms with van der Waals surface area (Å²) in [6, 6.07) is 15.1. The maximum Gasteiger partial charge on any atom is 0.421 e. The van der Waals surface area contributed by atoms with Gasteiger partial charge >= 0.3 is 6.18 Å². The number of pyridine rings is 1. The smallest absolute Gasteiger partial charge is 0.421 e. The average molecular weight is 619 g/mol. The van der Waals surface area contributed by atoms with Crippen molar-refractivity contribution in [1.29, 1.82) is 5.26 Å². The van der Waals surface area contributed by atoms with Crippen LogP contribution >= 0.6 is 0 Å². The molecule has 0 spiro atoms. The van der Waals surface area contributed by atoms with E-state index in [0.29, 0.717) is 37.4 Å². The normalized spacial score (nSPS) is 19.0. The number of carbonyl (C=O) groups is 1. The second kappa shape index (κ2) is 12.2. The van der Waals surface area contributed by atoms with E-state index >= 15 is 0 Å². The van der Waals surface area contributed by atoms with Gasteiger partial charge in [0.1, 0.15) is 23.8 Å². The van der Waals surface area contributed by atoms with Gasteiger partial charge in [-0.05, 0) is 56.8 Å². The van der Waals surface area contributed by atoms with Gasteiger partial charge in [-0.15, -0.1) is 0 Å². The molecule has 236 valence electrons. The molecule has 2 aromatic carbocycles. The first-order valence-corrected chi connectivity index (χ1v) is 15.4. The van der Waals surface area contributed by atoms with Gasteiger partial charge in [0.05, 0.1) is 17.9 Å². The number of rotatable bonds is 6. The summed E-state index contributed by atoms with van der Waals surface area (Å²) < 4.78 is 45.9. The van der Waals surface area contributed by atoms with Crippen LogP contribution in [0.2, 0.25) is 0 Å². The first-order valence-electron chi connectivity index (χ1n) is 15.4. The minimum absolute atomic E-state index is 0.0837. The van der Waals surface area contributed by atoms with Crippen molar-refractivity contribution in [1.82, 2.24) is 14.8 Å². The van der Waals surface area contributed by atoms with Gasteiger partial charge in [-0.25, -0.2) is 4.98 Å². The van der Waals surface area contributed by atoms with E-state index in [9.17, 15) is 23.2 Å². The van der Waals surface area contributed by atoms with Gasteiger partial charge < -0.3 is 24.3 Å². The summed E-state index contributed by atoms with van der Waals surface area (Å²) >= 11 is 0. The van der Waals surface area contributed by atoms with E-state index in [0.717, 1.165) is 41.7 Å². The second-order valence-electron chi connectivity index (χ2n) is 12.1. The number of piperazine rings is 1. The van der Waals surface area contributed by atoms with Crippen molar-refractivity contribution in [2.75, 3.05) is 62.7 Å². The third kappa shape index (κ3) is 5.91. The minimum Gasteiger partial charge on any atom is -0.475 e. The number of likely N-dealkylation sites (N-methyl/N-ethyl adjacent to an activating group) is 1. The fraction of sp³-hybridized carbons (Fsp3) is 0.441. The summed E-state index contributed by atoms with van der Waals surface area (Å²) in [4.78, 5) is 25.2. The predicted molar refractivity (Wildman–Crippen MR) is 168 cm³/mol. The predicted octanol–water partition coefficient (Wildman–Crippen LogP) is 5.22. The molecule has 0 saturated carbocycles. The lowest BCUT2D eigenvalue weighted by molar-refractivity contribution is -0.139. The number of halogens is 3. The molecule has 45 heavy (non-hydrogen) atoms. The van der Waals surface area contributed by atoms with Crippen molar-refractivity contribution >= 4 is 28.1 Å². The lowest BCUT2D eigenvalue weighted by Crippen LogP contribution is -2.50. The average Bonchev–Trinajstić information content (AvgIpc) is 3.45. The van der Waals surface area contributed by atoms with Gasteiger partial charge in [0, 0.05) is 55.4 Å². The van der Waals surface area contributed by atoms with Crippen LogP contribution in [0.3, 0.4) is 0 Å². The number of anilines is 2. The Hall–Kier alpha value is -4.30. The molecule has 1 aromatic heterocycles. The zero-order valence-electron chi connectivity index (χ0n) is 25.7. The Balaban J connectivity index is 1.34. The van der Waals surface area contributed by atoms with E-state index in [-0.39, 0.29) is 38.1 Å². The molecule has 0 radical (unpaired) electrons. The summed E-state index contributed by atoms with van der Waals surface area (Å²) in [6.07, 6.45) is -2.06. The van der Waals surface area contributed by atoms with Gasteiger partial charge in [0.25, 0.3) is 5.91 Å². The van der Waals surface area contributed by atoms with Crippen LogP contribution in [0.5, 0.6) is 5.88 Å². The van der Waals surface area contributed by atoms with E-state index in [1.54, 1.807) is 0 Å². The van der Waals surface area contributed by atoms with Crippen molar-refractivity contribution in [3.8, 4) is 11.9 Å². The first kappa shape index (κ1) is 30.7. The molecule has 2 saturated heterocycles. The number of ether oxygens (including phenoxy) is 1. The largest absolute Gasteiger partial charge is 0.475 e. The molecule has 0 unspecified atom stereocenters. The number of amides is 1. The van der Waals surface area contributed by atoms with Crippen LogP contribution in [0.25, 0.3) is 10.8 Å². The third-order valence-electron chi connectivity index (χ3n) is 9.40. The van der Waals surface area contributed by atoms with Crippen LogP contribution in [0.4, 0.5) is 24.5 Å². The topological polar surface area (TPSA) is 75.9 Å². The lowest BCUT2D eigenvalue weighted by Gasteiger charge is -2.40. The van der Waals surface area contributed by atoms with Gasteiger partial charge in [-0.1, -0.05) is 36.9 Å². The van der Waals surface area contributed by atoms with E-state index in [1.165, 1.54) is 15.8 Å². The molecule has 3 aliphatic rings. The molecule has 11 heteroatoms. The molecule has 6 rings (SSSR count). The van der Waals surface area contributed by atoms with Gasteiger partial charge in [0.15, 0.2) is 0 Å². The van der Waals surface area contributed by atoms with Crippen molar-refractivity contribution < 1.29 is 22.7 Å². The van der Waals surface area contributed by atoms with Crippen LogP contribution in [-0.4, -0.2) is 85.8 Å². The van der Waals surface area contributed by atoms with Crippen molar-refractivity contribution in [3.63, 3.8) is 0 Å². The number of alkyl halides is 3.